The molecular formula is C17H23NO2. The summed E-state index contributed by atoms with van der Waals surface area (Å²) in [6.07, 6.45) is 4.59. The van der Waals surface area contributed by atoms with E-state index in [4.69, 9.17) is 4.74 Å². The van der Waals surface area contributed by atoms with Crippen molar-refractivity contribution < 1.29 is 9.53 Å². The Balaban J connectivity index is 1.77. The van der Waals surface area contributed by atoms with Crippen molar-refractivity contribution >= 4 is 5.78 Å². The number of para-hydroxylation sites is 1. The molecule has 2 heterocycles. The fourth-order valence-corrected chi connectivity index (χ4v) is 3.59. The van der Waals surface area contributed by atoms with Gasteiger partial charge in [-0.25, -0.2) is 0 Å². The van der Waals surface area contributed by atoms with Gasteiger partial charge in [0.05, 0.1) is 12.1 Å². The van der Waals surface area contributed by atoms with Gasteiger partial charge in [0.15, 0.2) is 5.78 Å². The number of benzene rings is 1. The normalized spacial score (nSPS) is 28.8. The average Bonchev–Trinajstić information content (AvgIpc) is 2.98. The Labute approximate surface area is 120 Å². The van der Waals surface area contributed by atoms with Crippen molar-refractivity contribution in [2.45, 2.75) is 50.5 Å². The summed E-state index contributed by atoms with van der Waals surface area (Å²) < 4.78 is 5.69. The highest BCUT2D eigenvalue weighted by atomic mass is 16.5. The van der Waals surface area contributed by atoms with Gasteiger partial charge in [-0.2, -0.15) is 0 Å². The molecule has 2 aliphatic heterocycles. The first-order chi connectivity index (χ1) is 9.75. The minimum atomic E-state index is -0.257. The summed E-state index contributed by atoms with van der Waals surface area (Å²) in [7, 11) is 0. The Morgan fingerprint density at radius 1 is 1.45 bits per heavy atom. The average molecular weight is 273 g/mol. The standard InChI is InChI=1S/C17H23NO2/c1-2-17(9-5-10-18-17)16(19)12-13-8-11-20-15-7-4-3-6-14(13)15/h3-4,6-7,13,18H,2,5,8-12H2,1H3. The van der Waals surface area contributed by atoms with E-state index in [-0.39, 0.29) is 5.54 Å². The van der Waals surface area contributed by atoms with Crippen molar-refractivity contribution in [2.75, 3.05) is 13.2 Å². The maximum absolute atomic E-state index is 12.8. The van der Waals surface area contributed by atoms with Crippen molar-refractivity contribution in [3.63, 3.8) is 0 Å². The van der Waals surface area contributed by atoms with Gasteiger partial charge in [0.2, 0.25) is 0 Å². The molecule has 0 aliphatic carbocycles. The van der Waals surface area contributed by atoms with E-state index in [1.807, 2.05) is 18.2 Å². The third-order valence-corrected chi connectivity index (χ3v) is 4.90. The smallest absolute Gasteiger partial charge is 0.153 e. The van der Waals surface area contributed by atoms with Crippen molar-refractivity contribution in [1.29, 1.82) is 0 Å². The highest BCUT2D eigenvalue weighted by Crippen LogP contribution is 2.37. The molecule has 0 saturated carbocycles. The summed E-state index contributed by atoms with van der Waals surface area (Å²) in [5, 5.41) is 3.45. The van der Waals surface area contributed by atoms with Crippen LogP contribution in [0.1, 0.15) is 50.5 Å². The predicted octanol–water partition coefficient (Wildman–Crippen LogP) is 3.04. The van der Waals surface area contributed by atoms with E-state index in [9.17, 15) is 4.79 Å². The van der Waals surface area contributed by atoms with Crippen LogP contribution in [0.2, 0.25) is 0 Å². The monoisotopic (exact) mass is 273 g/mol. The highest BCUT2D eigenvalue weighted by Gasteiger charge is 2.40. The van der Waals surface area contributed by atoms with Crippen LogP contribution in [-0.4, -0.2) is 24.5 Å². The van der Waals surface area contributed by atoms with Crippen LogP contribution in [0.5, 0.6) is 5.75 Å². The number of carbonyl (C=O) groups is 1. The lowest BCUT2D eigenvalue weighted by Gasteiger charge is -2.31. The van der Waals surface area contributed by atoms with Gasteiger partial charge < -0.3 is 10.1 Å². The van der Waals surface area contributed by atoms with Crippen LogP contribution in [0.3, 0.4) is 0 Å². The molecule has 1 aromatic carbocycles. The molecule has 3 heteroatoms. The highest BCUT2D eigenvalue weighted by molar-refractivity contribution is 5.89. The number of hydrogen-bond acceptors (Lipinski definition) is 3. The van der Waals surface area contributed by atoms with Gasteiger partial charge in [0, 0.05) is 6.42 Å². The first-order valence-electron chi connectivity index (χ1n) is 7.75. The Kier molecular flexibility index (Phi) is 3.79. The minimum Gasteiger partial charge on any atom is -0.493 e. The second kappa shape index (κ2) is 5.57. The maximum atomic E-state index is 12.8. The molecule has 3 rings (SSSR count). The van der Waals surface area contributed by atoms with Crippen LogP contribution < -0.4 is 10.1 Å². The van der Waals surface area contributed by atoms with E-state index in [0.717, 1.165) is 44.6 Å². The lowest BCUT2D eigenvalue weighted by atomic mass is 9.80. The number of fused-ring (bicyclic) bond motifs is 1. The van der Waals surface area contributed by atoms with E-state index >= 15 is 0 Å². The number of nitrogens with one attached hydrogen (secondary N) is 1. The molecule has 2 atom stereocenters. The summed E-state index contributed by atoms with van der Waals surface area (Å²) in [6.45, 7) is 3.82. The second-order valence-corrected chi connectivity index (χ2v) is 5.97. The molecule has 1 N–H and O–H groups in total. The van der Waals surface area contributed by atoms with Crippen molar-refractivity contribution in [1.82, 2.24) is 5.32 Å². The van der Waals surface area contributed by atoms with Gasteiger partial charge in [-0.15, -0.1) is 0 Å². The molecule has 0 spiro atoms. The number of ketones is 1. The van der Waals surface area contributed by atoms with E-state index in [1.165, 1.54) is 5.56 Å². The third kappa shape index (κ3) is 2.35. The molecule has 2 unspecified atom stereocenters. The zero-order chi connectivity index (χ0) is 14.0. The van der Waals surface area contributed by atoms with Gasteiger partial charge in [0.25, 0.3) is 0 Å². The lowest BCUT2D eigenvalue weighted by molar-refractivity contribution is -0.125. The number of Topliss-reactive ketones (excluding diaryl/α,β-unsaturated/α-hetero) is 1. The fraction of sp³-hybridized carbons (Fsp3) is 0.588. The number of ether oxygens (including phenoxy) is 1. The van der Waals surface area contributed by atoms with E-state index < -0.39 is 0 Å². The maximum Gasteiger partial charge on any atom is 0.153 e. The van der Waals surface area contributed by atoms with Crippen molar-refractivity contribution in [2.24, 2.45) is 0 Å². The molecular weight excluding hydrogens is 250 g/mol. The Bertz CT molecular complexity index is 492. The predicted molar refractivity (Wildman–Crippen MR) is 79.2 cm³/mol. The molecule has 0 amide bonds. The first kappa shape index (κ1) is 13.6. The summed E-state index contributed by atoms with van der Waals surface area (Å²) in [4.78, 5) is 12.8. The third-order valence-electron chi connectivity index (χ3n) is 4.90. The summed E-state index contributed by atoms with van der Waals surface area (Å²) in [5.74, 6) is 1.67. The molecule has 3 nitrogen and oxygen atoms in total. The summed E-state index contributed by atoms with van der Waals surface area (Å²) in [6, 6.07) is 8.14. The molecule has 1 saturated heterocycles. The molecule has 0 radical (unpaired) electrons. The van der Waals surface area contributed by atoms with E-state index in [1.54, 1.807) is 0 Å². The SMILES string of the molecule is CCC1(C(=O)CC2CCOc3ccccc32)CCCN1. The van der Waals surface area contributed by atoms with Gasteiger partial charge in [-0.1, -0.05) is 25.1 Å². The van der Waals surface area contributed by atoms with Gasteiger partial charge >= 0.3 is 0 Å². The van der Waals surface area contributed by atoms with Gasteiger partial charge in [-0.3, -0.25) is 4.79 Å². The van der Waals surface area contributed by atoms with Gasteiger partial charge in [-0.05, 0) is 49.8 Å². The molecule has 108 valence electrons. The second-order valence-electron chi connectivity index (χ2n) is 5.97. The zero-order valence-electron chi connectivity index (χ0n) is 12.2. The zero-order valence-corrected chi connectivity index (χ0v) is 12.2. The fourth-order valence-electron chi connectivity index (χ4n) is 3.59. The molecule has 0 bridgehead atoms. The largest absolute Gasteiger partial charge is 0.493 e. The number of rotatable bonds is 4. The molecule has 20 heavy (non-hydrogen) atoms. The Morgan fingerprint density at radius 2 is 2.30 bits per heavy atom. The van der Waals surface area contributed by atoms with Crippen molar-refractivity contribution in [3.8, 4) is 5.75 Å². The van der Waals surface area contributed by atoms with E-state index in [2.05, 4.69) is 18.3 Å². The number of carbonyl (C=O) groups excluding carboxylic acids is 1. The molecule has 1 aromatic rings. The van der Waals surface area contributed by atoms with Crippen LogP contribution in [0, 0.1) is 0 Å². The topological polar surface area (TPSA) is 38.3 Å². The minimum absolute atomic E-state index is 0.257. The molecule has 1 fully saturated rings. The molecule has 0 aromatic heterocycles. The van der Waals surface area contributed by atoms with Crippen LogP contribution in [0.15, 0.2) is 24.3 Å². The molecule has 2 aliphatic rings. The van der Waals surface area contributed by atoms with Gasteiger partial charge in [0.1, 0.15) is 5.75 Å². The van der Waals surface area contributed by atoms with Crippen molar-refractivity contribution in [3.05, 3.63) is 29.8 Å². The number of hydrogen-bond donors (Lipinski definition) is 1. The lowest BCUT2D eigenvalue weighted by Crippen LogP contribution is -2.47. The summed E-state index contributed by atoms with van der Waals surface area (Å²) >= 11 is 0. The van der Waals surface area contributed by atoms with E-state index in [0.29, 0.717) is 18.1 Å². The van der Waals surface area contributed by atoms with Crippen LogP contribution in [0.25, 0.3) is 0 Å². The Morgan fingerprint density at radius 3 is 3.05 bits per heavy atom. The Hall–Kier alpha value is -1.35. The summed E-state index contributed by atoms with van der Waals surface area (Å²) in [5.41, 5.74) is 0.948. The van der Waals surface area contributed by atoms with Crippen LogP contribution in [-0.2, 0) is 4.79 Å². The quantitative estimate of drug-likeness (QED) is 0.916. The van der Waals surface area contributed by atoms with Crippen LogP contribution >= 0.6 is 0 Å². The van der Waals surface area contributed by atoms with Crippen LogP contribution in [0.4, 0.5) is 0 Å². The first-order valence-corrected chi connectivity index (χ1v) is 7.75.